The van der Waals surface area contributed by atoms with Gasteiger partial charge >= 0.3 is 6.09 Å². The normalized spacial score (nSPS) is 21.0. The highest BCUT2D eigenvalue weighted by molar-refractivity contribution is 8.00. The van der Waals surface area contributed by atoms with Crippen LogP contribution >= 0.6 is 24.4 Å². The molecule has 0 unspecified atom stereocenters. The Bertz CT molecular complexity index is 386. The lowest BCUT2D eigenvalue weighted by Crippen LogP contribution is -2.33. The van der Waals surface area contributed by atoms with Crippen LogP contribution in [0.1, 0.15) is 46.5 Å². The molecule has 2 atom stereocenters. The Labute approximate surface area is 149 Å². The van der Waals surface area contributed by atoms with E-state index in [9.17, 15) is 9.59 Å². The van der Waals surface area contributed by atoms with E-state index in [1.165, 1.54) is 0 Å². The molecule has 1 fully saturated rings. The second-order valence-corrected chi connectivity index (χ2v) is 8.55. The average Bonchev–Trinajstić information content (AvgIpc) is 2.93. The van der Waals surface area contributed by atoms with Crippen LogP contribution in [0.3, 0.4) is 0 Å². The lowest BCUT2D eigenvalue weighted by atomic mass is 10.1. The van der Waals surface area contributed by atoms with Crippen LogP contribution < -0.4 is 10.6 Å². The van der Waals surface area contributed by atoms with Crippen LogP contribution in [0.2, 0.25) is 0 Å². The highest BCUT2D eigenvalue weighted by Gasteiger charge is 2.29. The second-order valence-electron chi connectivity index (χ2n) is 6.85. The van der Waals surface area contributed by atoms with Crippen molar-refractivity contribution in [2.24, 2.45) is 5.92 Å². The maximum absolute atomic E-state index is 12.0. The number of amides is 2. The summed E-state index contributed by atoms with van der Waals surface area (Å²) < 4.78 is 5.16. The number of alkyl carbamates (subject to hydrolysis) is 1. The van der Waals surface area contributed by atoms with Crippen molar-refractivity contribution in [3.05, 3.63) is 0 Å². The Morgan fingerprint density at radius 2 is 1.83 bits per heavy atom. The molecule has 1 aliphatic rings. The number of ether oxygens (including phenoxy) is 1. The van der Waals surface area contributed by atoms with Gasteiger partial charge in [0.1, 0.15) is 5.60 Å². The van der Waals surface area contributed by atoms with Crippen LogP contribution in [0, 0.1) is 5.92 Å². The molecule has 23 heavy (non-hydrogen) atoms. The Morgan fingerprint density at radius 1 is 1.17 bits per heavy atom. The molecule has 1 saturated heterocycles. The fourth-order valence-electron chi connectivity index (χ4n) is 2.30. The SMILES string of the molecule is CC(C)(C)OC(=O)NCCCCCNC(=O)[C@@H]1CS[C@@H](CS)C1. The van der Waals surface area contributed by atoms with Gasteiger partial charge in [-0.15, -0.1) is 0 Å². The van der Waals surface area contributed by atoms with Gasteiger partial charge in [0.25, 0.3) is 0 Å². The third-order valence-electron chi connectivity index (χ3n) is 3.48. The number of thioether (sulfide) groups is 1. The maximum atomic E-state index is 12.0. The van der Waals surface area contributed by atoms with E-state index >= 15 is 0 Å². The molecule has 0 aromatic carbocycles. The molecule has 0 bridgehead atoms. The van der Waals surface area contributed by atoms with Gasteiger partial charge in [0.2, 0.25) is 5.91 Å². The van der Waals surface area contributed by atoms with Crippen molar-refractivity contribution in [2.45, 2.75) is 57.3 Å². The topological polar surface area (TPSA) is 67.4 Å². The monoisotopic (exact) mass is 362 g/mol. The molecule has 0 aliphatic carbocycles. The third-order valence-corrected chi connectivity index (χ3v) is 5.59. The first-order chi connectivity index (χ1) is 10.8. The zero-order chi connectivity index (χ0) is 17.3. The van der Waals surface area contributed by atoms with Gasteiger partial charge in [0.15, 0.2) is 0 Å². The van der Waals surface area contributed by atoms with Crippen molar-refractivity contribution in [1.29, 1.82) is 0 Å². The van der Waals surface area contributed by atoms with Gasteiger partial charge in [-0.25, -0.2) is 4.79 Å². The summed E-state index contributed by atoms with van der Waals surface area (Å²) in [7, 11) is 0. The van der Waals surface area contributed by atoms with E-state index in [4.69, 9.17) is 4.74 Å². The summed E-state index contributed by atoms with van der Waals surface area (Å²) in [5.74, 6) is 2.08. The number of hydrogen-bond donors (Lipinski definition) is 3. The highest BCUT2D eigenvalue weighted by atomic mass is 32.2. The largest absolute Gasteiger partial charge is 0.444 e. The van der Waals surface area contributed by atoms with E-state index in [0.717, 1.165) is 37.2 Å². The van der Waals surface area contributed by atoms with Gasteiger partial charge in [0.05, 0.1) is 0 Å². The van der Waals surface area contributed by atoms with E-state index in [-0.39, 0.29) is 17.9 Å². The Morgan fingerprint density at radius 3 is 2.39 bits per heavy atom. The van der Waals surface area contributed by atoms with Crippen molar-refractivity contribution in [3.63, 3.8) is 0 Å². The number of nitrogens with one attached hydrogen (secondary N) is 2. The Kier molecular flexibility index (Phi) is 9.20. The van der Waals surface area contributed by atoms with Crippen molar-refractivity contribution < 1.29 is 14.3 Å². The summed E-state index contributed by atoms with van der Waals surface area (Å²) in [4.78, 5) is 23.4. The highest BCUT2D eigenvalue weighted by Crippen LogP contribution is 2.31. The van der Waals surface area contributed by atoms with Crippen LogP contribution in [0.5, 0.6) is 0 Å². The molecule has 0 spiro atoms. The van der Waals surface area contributed by atoms with E-state index in [1.807, 2.05) is 32.5 Å². The smallest absolute Gasteiger partial charge is 0.407 e. The molecule has 7 heteroatoms. The molecule has 1 rings (SSSR count). The Hall–Kier alpha value is -0.560. The fourth-order valence-corrected chi connectivity index (χ4v) is 4.03. The van der Waals surface area contributed by atoms with Crippen LogP contribution in [0.15, 0.2) is 0 Å². The first-order valence-electron chi connectivity index (χ1n) is 8.29. The predicted molar refractivity (Wildman–Crippen MR) is 99.3 cm³/mol. The summed E-state index contributed by atoms with van der Waals surface area (Å²) in [5, 5.41) is 6.27. The zero-order valence-corrected chi connectivity index (χ0v) is 16.1. The van der Waals surface area contributed by atoms with Gasteiger partial charge < -0.3 is 15.4 Å². The standard InChI is InChI=1S/C16H30N2O3S2/c1-16(2,3)21-15(20)18-8-6-4-5-7-17-14(19)12-9-13(10-22)23-11-12/h12-13,22H,4-11H2,1-3H3,(H,17,19)(H,18,20)/t12-,13+/m0/s1. The van der Waals surface area contributed by atoms with Gasteiger partial charge in [-0.2, -0.15) is 24.4 Å². The fraction of sp³-hybridized carbons (Fsp3) is 0.875. The van der Waals surface area contributed by atoms with E-state index in [0.29, 0.717) is 18.3 Å². The molecular weight excluding hydrogens is 332 g/mol. The summed E-state index contributed by atoms with van der Waals surface area (Å²) in [6.07, 6.45) is 3.35. The molecule has 1 heterocycles. The van der Waals surface area contributed by atoms with Gasteiger partial charge in [-0.3, -0.25) is 4.79 Å². The van der Waals surface area contributed by atoms with Gasteiger partial charge in [-0.05, 0) is 46.5 Å². The predicted octanol–water partition coefficient (Wildman–Crippen LogP) is 2.85. The molecule has 0 aromatic rings. The van der Waals surface area contributed by atoms with Crippen molar-refractivity contribution in [2.75, 3.05) is 24.6 Å². The quantitative estimate of drug-likeness (QED) is 0.459. The Balaban J connectivity index is 1.97. The van der Waals surface area contributed by atoms with E-state index in [2.05, 4.69) is 23.3 Å². The summed E-state index contributed by atoms with van der Waals surface area (Å²) in [6.45, 7) is 6.84. The second kappa shape index (κ2) is 10.3. The van der Waals surface area contributed by atoms with Crippen LogP contribution in [0.4, 0.5) is 4.79 Å². The van der Waals surface area contributed by atoms with Crippen molar-refractivity contribution >= 4 is 36.4 Å². The van der Waals surface area contributed by atoms with Crippen LogP contribution in [-0.4, -0.2) is 47.4 Å². The molecule has 5 nitrogen and oxygen atoms in total. The zero-order valence-electron chi connectivity index (χ0n) is 14.4. The lowest BCUT2D eigenvalue weighted by molar-refractivity contribution is -0.124. The molecule has 0 radical (unpaired) electrons. The molecule has 0 saturated carbocycles. The minimum absolute atomic E-state index is 0.144. The van der Waals surface area contributed by atoms with Crippen molar-refractivity contribution in [3.8, 4) is 0 Å². The molecule has 0 aromatic heterocycles. The van der Waals surface area contributed by atoms with E-state index in [1.54, 1.807) is 0 Å². The molecule has 2 N–H and O–H groups in total. The molecular formula is C16H30N2O3S2. The lowest BCUT2D eigenvalue weighted by Gasteiger charge is -2.19. The number of carbonyl (C=O) groups excluding carboxylic acids is 2. The van der Waals surface area contributed by atoms with E-state index < -0.39 is 5.60 Å². The minimum atomic E-state index is -0.459. The van der Waals surface area contributed by atoms with Crippen LogP contribution in [0.25, 0.3) is 0 Å². The first-order valence-corrected chi connectivity index (χ1v) is 9.97. The summed E-state index contributed by atoms with van der Waals surface area (Å²) in [6, 6.07) is 0. The number of hydrogen-bond acceptors (Lipinski definition) is 5. The number of thiol groups is 1. The average molecular weight is 363 g/mol. The van der Waals surface area contributed by atoms with Gasteiger partial charge in [-0.1, -0.05) is 0 Å². The van der Waals surface area contributed by atoms with Gasteiger partial charge in [0, 0.05) is 35.8 Å². The summed E-state index contributed by atoms with van der Waals surface area (Å²) in [5.41, 5.74) is -0.459. The molecule has 134 valence electrons. The third kappa shape index (κ3) is 9.35. The minimum Gasteiger partial charge on any atom is -0.444 e. The van der Waals surface area contributed by atoms with Crippen LogP contribution in [-0.2, 0) is 9.53 Å². The number of carbonyl (C=O) groups is 2. The summed E-state index contributed by atoms with van der Waals surface area (Å²) >= 11 is 6.13. The van der Waals surface area contributed by atoms with Crippen molar-refractivity contribution in [1.82, 2.24) is 10.6 Å². The first kappa shape index (κ1) is 20.5. The number of unbranched alkanes of at least 4 members (excludes halogenated alkanes) is 2. The molecule has 1 aliphatic heterocycles. The molecule has 2 amide bonds. The maximum Gasteiger partial charge on any atom is 0.407 e. The number of rotatable bonds is 8.